The SMILES string of the molecule is C[SiH2]C(C)OC(C)CN. The van der Waals surface area contributed by atoms with Crippen LogP contribution in [0.1, 0.15) is 13.8 Å². The Hall–Kier alpha value is 0.137. The fourth-order valence-electron chi connectivity index (χ4n) is 0.548. The molecule has 0 fully saturated rings. The zero-order chi connectivity index (χ0) is 7.28. The van der Waals surface area contributed by atoms with Crippen molar-refractivity contribution in [2.45, 2.75) is 32.2 Å². The molecule has 2 N–H and O–H groups in total. The Morgan fingerprint density at radius 3 is 2.44 bits per heavy atom. The summed E-state index contributed by atoms with van der Waals surface area (Å²) in [4.78, 5) is 0. The Morgan fingerprint density at radius 1 is 1.56 bits per heavy atom. The molecule has 0 bridgehead atoms. The average Bonchev–Trinajstić information content (AvgIpc) is 1.87. The second-order valence-corrected chi connectivity index (χ2v) is 4.37. The summed E-state index contributed by atoms with van der Waals surface area (Å²) in [7, 11) is 0.00847. The van der Waals surface area contributed by atoms with E-state index in [1.165, 1.54) is 0 Å². The standard InChI is InChI=1S/C6H17NOSi/c1-5(4-7)8-6(2)9-3/h5-6H,4,7,9H2,1-3H3. The Kier molecular flexibility index (Phi) is 5.04. The zero-order valence-corrected chi connectivity index (χ0v) is 7.97. The van der Waals surface area contributed by atoms with Crippen LogP contribution in [0.25, 0.3) is 0 Å². The quantitative estimate of drug-likeness (QED) is 0.564. The third kappa shape index (κ3) is 4.63. The van der Waals surface area contributed by atoms with Gasteiger partial charge in [0, 0.05) is 12.3 Å². The van der Waals surface area contributed by atoms with Gasteiger partial charge in [0.1, 0.15) is 0 Å². The molecule has 0 aliphatic rings. The van der Waals surface area contributed by atoms with E-state index in [9.17, 15) is 0 Å². The Bertz CT molecular complexity index is 62.1. The van der Waals surface area contributed by atoms with Gasteiger partial charge in [-0.05, 0) is 13.8 Å². The molecule has 0 aliphatic heterocycles. The lowest BCUT2D eigenvalue weighted by Crippen LogP contribution is -2.27. The van der Waals surface area contributed by atoms with Crippen LogP contribution in [-0.4, -0.2) is 27.9 Å². The second kappa shape index (κ2) is 4.96. The topological polar surface area (TPSA) is 35.2 Å². The van der Waals surface area contributed by atoms with Gasteiger partial charge in [0.15, 0.2) is 0 Å². The summed E-state index contributed by atoms with van der Waals surface area (Å²) >= 11 is 0. The molecule has 0 aromatic carbocycles. The molecule has 0 aliphatic carbocycles. The highest BCUT2D eigenvalue weighted by atomic mass is 28.2. The molecule has 2 nitrogen and oxygen atoms in total. The lowest BCUT2D eigenvalue weighted by Gasteiger charge is -2.15. The average molecular weight is 147 g/mol. The predicted molar refractivity (Wildman–Crippen MR) is 43.5 cm³/mol. The Balaban J connectivity index is 3.22. The molecule has 3 heteroatoms. The van der Waals surface area contributed by atoms with Crippen LogP contribution in [0.4, 0.5) is 0 Å². The van der Waals surface area contributed by atoms with Crippen LogP contribution in [0.2, 0.25) is 6.55 Å². The smallest absolute Gasteiger partial charge is 0.0668 e. The van der Waals surface area contributed by atoms with E-state index >= 15 is 0 Å². The third-order valence-corrected chi connectivity index (χ3v) is 2.71. The second-order valence-electron chi connectivity index (χ2n) is 2.40. The summed E-state index contributed by atoms with van der Waals surface area (Å²) in [6.07, 6.45) is 0.243. The first-order valence-corrected chi connectivity index (χ1v) is 5.79. The van der Waals surface area contributed by atoms with Crippen LogP contribution in [0.5, 0.6) is 0 Å². The van der Waals surface area contributed by atoms with E-state index in [1.807, 2.05) is 6.92 Å². The lowest BCUT2D eigenvalue weighted by atomic mass is 10.4. The summed E-state index contributed by atoms with van der Waals surface area (Å²) < 4.78 is 5.49. The highest BCUT2D eigenvalue weighted by Gasteiger charge is 2.03. The number of ether oxygens (including phenoxy) is 1. The number of nitrogens with two attached hydrogens (primary N) is 1. The first-order valence-electron chi connectivity index (χ1n) is 3.56. The number of hydrogen-bond acceptors (Lipinski definition) is 2. The summed E-state index contributed by atoms with van der Waals surface area (Å²) in [6.45, 7) is 7.02. The molecule has 0 saturated heterocycles. The summed E-state index contributed by atoms with van der Waals surface area (Å²) in [5.74, 6) is 0. The van der Waals surface area contributed by atoms with Gasteiger partial charge in [-0.2, -0.15) is 0 Å². The maximum atomic E-state index is 5.49. The van der Waals surface area contributed by atoms with Crippen molar-refractivity contribution in [2.24, 2.45) is 5.73 Å². The molecule has 0 rings (SSSR count). The molecule has 56 valence electrons. The molecule has 0 amide bonds. The van der Waals surface area contributed by atoms with Crippen molar-refractivity contribution in [1.29, 1.82) is 0 Å². The molecule has 0 aromatic heterocycles. The largest absolute Gasteiger partial charge is 0.378 e. The van der Waals surface area contributed by atoms with Gasteiger partial charge in [-0.15, -0.1) is 0 Å². The Labute approximate surface area is 59.6 Å². The summed E-state index contributed by atoms with van der Waals surface area (Å²) in [6, 6.07) is 0. The van der Waals surface area contributed by atoms with Crippen molar-refractivity contribution >= 4 is 9.52 Å². The van der Waals surface area contributed by atoms with Crippen LogP contribution in [0.3, 0.4) is 0 Å². The molecule has 2 atom stereocenters. The van der Waals surface area contributed by atoms with Gasteiger partial charge in [-0.1, -0.05) is 6.55 Å². The van der Waals surface area contributed by atoms with Gasteiger partial charge in [-0.3, -0.25) is 0 Å². The summed E-state index contributed by atoms with van der Waals surface area (Å²) in [5.41, 5.74) is 5.85. The number of rotatable bonds is 4. The third-order valence-electron chi connectivity index (χ3n) is 1.37. The van der Waals surface area contributed by atoms with E-state index in [4.69, 9.17) is 10.5 Å². The van der Waals surface area contributed by atoms with Gasteiger partial charge in [-0.25, -0.2) is 0 Å². The fraction of sp³-hybridized carbons (Fsp3) is 1.00. The van der Waals surface area contributed by atoms with Crippen molar-refractivity contribution in [3.63, 3.8) is 0 Å². The van der Waals surface area contributed by atoms with E-state index in [0.29, 0.717) is 12.3 Å². The van der Waals surface area contributed by atoms with E-state index < -0.39 is 0 Å². The highest BCUT2D eigenvalue weighted by Crippen LogP contribution is 1.93. The molecule has 0 heterocycles. The van der Waals surface area contributed by atoms with E-state index in [1.54, 1.807) is 0 Å². The first kappa shape index (κ1) is 9.14. The molecular formula is C6H17NOSi. The maximum Gasteiger partial charge on any atom is 0.0668 e. The summed E-state index contributed by atoms with van der Waals surface area (Å²) in [5, 5.41) is 0. The van der Waals surface area contributed by atoms with Crippen molar-refractivity contribution in [2.75, 3.05) is 6.54 Å². The van der Waals surface area contributed by atoms with E-state index in [-0.39, 0.29) is 15.6 Å². The fourth-order valence-corrected chi connectivity index (χ4v) is 1.07. The molecular weight excluding hydrogens is 130 g/mol. The van der Waals surface area contributed by atoms with Crippen molar-refractivity contribution in [1.82, 2.24) is 0 Å². The molecule has 0 saturated carbocycles. The van der Waals surface area contributed by atoms with Gasteiger partial charge in [0.25, 0.3) is 0 Å². The lowest BCUT2D eigenvalue weighted by molar-refractivity contribution is 0.0561. The highest BCUT2D eigenvalue weighted by molar-refractivity contribution is 6.35. The normalized spacial score (nSPS) is 18.7. The molecule has 0 aromatic rings. The van der Waals surface area contributed by atoms with Gasteiger partial charge < -0.3 is 10.5 Å². The van der Waals surface area contributed by atoms with Gasteiger partial charge >= 0.3 is 0 Å². The van der Waals surface area contributed by atoms with Crippen molar-refractivity contribution in [3.05, 3.63) is 0 Å². The van der Waals surface area contributed by atoms with E-state index in [2.05, 4.69) is 13.5 Å². The monoisotopic (exact) mass is 147 g/mol. The van der Waals surface area contributed by atoms with Crippen LogP contribution >= 0.6 is 0 Å². The van der Waals surface area contributed by atoms with Crippen LogP contribution in [0, 0.1) is 0 Å². The first-order chi connectivity index (χ1) is 4.20. The molecule has 0 radical (unpaired) electrons. The van der Waals surface area contributed by atoms with Crippen LogP contribution in [-0.2, 0) is 4.74 Å². The van der Waals surface area contributed by atoms with Crippen LogP contribution < -0.4 is 5.73 Å². The number of hydrogen-bond donors (Lipinski definition) is 1. The van der Waals surface area contributed by atoms with Gasteiger partial charge in [0.2, 0.25) is 0 Å². The zero-order valence-electron chi connectivity index (χ0n) is 6.55. The van der Waals surface area contributed by atoms with Crippen molar-refractivity contribution < 1.29 is 4.74 Å². The minimum absolute atomic E-state index is 0.00847. The molecule has 9 heavy (non-hydrogen) atoms. The molecule has 2 unspecified atom stereocenters. The predicted octanol–water partition coefficient (Wildman–Crippen LogP) is -0.0869. The van der Waals surface area contributed by atoms with Gasteiger partial charge in [0.05, 0.1) is 15.6 Å². The van der Waals surface area contributed by atoms with Crippen LogP contribution in [0.15, 0.2) is 0 Å². The van der Waals surface area contributed by atoms with E-state index in [0.717, 1.165) is 0 Å². The minimum atomic E-state index is 0.00847. The molecule has 0 spiro atoms. The maximum absolute atomic E-state index is 5.49. The van der Waals surface area contributed by atoms with Crippen molar-refractivity contribution in [3.8, 4) is 0 Å². The Morgan fingerprint density at radius 2 is 2.11 bits per heavy atom. The minimum Gasteiger partial charge on any atom is -0.378 e.